The molecule has 1 saturated heterocycles. The minimum absolute atomic E-state index is 0.0702. The van der Waals surface area contributed by atoms with E-state index in [0.717, 1.165) is 0 Å². The molecule has 0 aromatic heterocycles. The highest BCUT2D eigenvalue weighted by Gasteiger charge is 2.77. The number of likely N-dealkylation sites (tertiary alicyclic amines) is 1. The van der Waals surface area contributed by atoms with Crippen molar-refractivity contribution in [2.75, 3.05) is 27.6 Å². The molecule has 3 heterocycles. The Balaban J connectivity index is 1.49. The minimum atomic E-state index is -2.23. The van der Waals surface area contributed by atoms with Crippen molar-refractivity contribution < 1.29 is 43.5 Å². The van der Waals surface area contributed by atoms with Crippen LogP contribution in [0, 0.1) is 11.8 Å². The lowest BCUT2D eigenvalue weighted by molar-refractivity contribution is -0.167. The summed E-state index contributed by atoms with van der Waals surface area (Å²) < 4.78 is 29.6. The predicted molar refractivity (Wildman–Crippen MR) is 165 cm³/mol. The van der Waals surface area contributed by atoms with Crippen molar-refractivity contribution in [3.05, 3.63) is 77.4 Å². The van der Waals surface area contributed by atoms with Gasteiger partial charge in [-0.1, -0.05) is 56.3 Å². The van der Waals surface area contributed by atoms with Crippen LogP contribution in [0.2, 0.25) is 0 Å². The van der Waals surface area contributed by atoms with Crippen molar-refractivity contribution in [1.29, 1.82) is 0 Å². The van der Waals surface area contributed by atoms with Crippen molar-refractivity contribution in [2.45, 2.75) is 56.1 Å². The Bertz CT molecular complexity index is 1660. The fraction of sp³-hybridized carbons (Fsp3) is 0.429. The van der Waals surface area contributed by atoms with Gasteiger partial charge in [0, 0.05) is 24.4 Å². The van der Waals surface area contributed by atoms with Gasteiger partial charge in [0.1, 0.15) is 29.4 Å². The normalized spacial score (nSPS) is 28.9. The summed E-state index contributed by atoms with van der Waals surface area (Å²) in [5.41, 5.74) is -2.55. The van der Waals surface area contributed by atoms with Gasteiger partial charge >= 0.3 is 0 Å². The number of benzene rings is 3. The van der Waals surface area contributed by atoms with Crippen LogP contribution in [0.3, 0.4) is 0 Å². The third-order valence-electron chi connectivity index (χ3n) is 9.89. The number of hydrogen-bond donors (Lipinski definition) is 3. The smallest absolute Gasteiger partial charge is 0.231 e. The largest absolute Gasteiger partial charge is 0.497 e. The molecule has 0 unspecified atom stereocenters. The second kappa shape index (κ2) is 11.1. The lowest BCUT2D eigenvalue weighted by Gasteiger charge is -2.45. The maximum absolute atomic E-state index is 15.1. The van der Waals surface area contributed by atoms with E-state index in [1.54, 1.807) is 56.2 Å². The summed E-state index contributed by atoms with van der Waals surface area (Å²) >= 11 is 0. The van der Waals surface area contributed by atoms with Crippen LogP contribution < -0.4 is 29.0 Å². The number of nitrogens with zero attached hydrogens (tertiary/aromatic N) is 1. The molecule has 2 bridgehead atoms. The highest BCUT2D eigenvalue weighted by Crippen LogP contribution is 2.70. The molecular weight excluding hydrogens is 592 g/mol. The van der Waals surface area contributed by atoms with E-state index >= 15 is 4.79 Å². The van der Waals surface area contributed by atoms with Gasteiger partial charge in [0.25, 0.3) is 0 Å². The number of carbonyl (C=O) groups is 2. The summed E-state index contributed by atoms with van der Waals surface area (Å²) in [7, 11) is 2.99. The van der Waals surface area contributed by atoms with Crippen LogP contribution >= 0.6 is 0 Å². The fourth-order valence-corrected chi connectivity index (χ4v) is 7.78. The SMILES string of the molecule is COc1ccc([C@]23Oc4cc5c(c(OC)c4[C@](O)([C@H](C(=O)N4CCC[C@H]4NC(=O)C(C)C)[C@H]2c2ccccc2)[C@@H]3O)OCO5)cc1. The summed E-state index contributed by atoms with van der Waals surface area (Å²) in [4.78, 5) is 29.6. The maximum Gasteiger partial charge on any atom is 0.231 e. The van der Waals surface area contributed by atoms with Crippen LogP contribution in [0.25, 0.3) is 0 Å². The van der Waals surface area contributed by atoms with Crippen molar-refractivity contribution >= 4 is 11.8 Å². The number of rotatable bonds is 7. The lowest BCUT2D eigenvalue weighted by Crippen LogP contribution is -2.56. The van der Waals surface area contributed by atoms with E-state index in [0.29, 0.717) is 42.0 Å². The van der Waals surface area contributed by atoms with Crippen LogP contribution in [-0.2, 0) is 20.8 Å². The first-order chi connectivity index (χ1) is 22.2. The van der Waals surface area contributed by atoms with Gasteiger partial charge < -0.3 is 44.1 Å². The summed E-state index contributed by atoms with van der Waals surface area (Å²) in [6, 6.07) is 18.0. The summed E-state index contributed by atoms with van der Waals surface area (Å²) in [6.45, 7) is 3.89. The van der Waals surface area contributed by atoms with Gasteiger partial charge in [0.2, 0.25) is 24.4 Å². The van der Waals surface area contributed by atoms with Gasteiger partial charge in [0.15, 0.2) is 17.1 Å². The molecule has 7 rings (SSSR count). The molecule has 11 heteroatoms. The number of methoxy groups -OCH3 is 2. The molecule has 3 N–H and O–H groups in total. The number of nitrogens with one attached hydrogen (secondary N) is 1. The van der Waals surface area contributed by atoms with Crippen molar-refractivity contribution in [1.82, 2.24) is 10.2 Å². The zero-order valence-corrected chi connectivity index (χ0v) is 26.2. The first-order valence-corrected chi connectivity index (χ1v) is 15.6. The second-order valence-electron chi connectivity index (χ2n) is 12.6. The molecule has 1 aliphatic carbocycles. The second-order valence-corrected chi connectivity index (χ2v) is 12.6. The summed E-state index contributed by atoms with van der Waals surface area (Å²) in [6.07, 6.45) is -0.999. The maximum atomic E-state index is 15.1. The Kier molecular flexibility index (Phi) is 7.28. The van der Waals surface area contributed by atoms with Crippen LogP contribution in [0.15, 0.2) is 60.7 Å². The van der Waals surface area contributed by atoms with Gasteiger partial charge in [0.05, 0.1) is 25.7 Å². The Morgan fingerprint density at radius 2 is 1.76 bits per heavy atom. The number of fused-ring (bicyclic) bond motifs is 5. The first kappa shape index (κ1) is 30.2. The zero-order chi connectivity index (χ0) is 32.4. The fourth-order valence-electron chi connectivity index (χ4n) is 7.78. The molecule has 242 valence electrons. The van der Waals surface area contributed by atoms with Crippen LogP contribution in [0.5, 0.6) is 28.7 Å². The van der Waals surface area contributed by atoms with E-state index in [-0.39, 0.29) is 41.4 Å². The highest BCUT2D eigenvalue weighted by molar-refractivity contribution is 5.86. The van der Waals surface area contributed by atoms with Crippen LogP contribution in [-0.4, -0.2) is 66.8 Å². The van der Waals surface area contributed by atoms with Crippen molar-refractivity contribution in [3.63, 3.8) is 0 Å². The van der Waals surface area contributed by atoms with Crippen molar-refractivity contribution in [3.8, 4) is 28.7 Å². The number of aliphatic hydroxyl groups excluding tert-OH is 1. The molecule has 1 saturated carbocycles. The summed E-state index contributed by atoms with van der Waals surface area (Å²) in [5, 5.41) is 28.9. The third kappa shape index (κ3) is 4.17. The monoisotopic (exact) mass is 630 g/mol. The molecule has 3 aromatic carbocycles. The van der Waals surface area contributed by atoms with E-state index in [1.165, 1.54) is 7.11 Å². The zero-order valence-electron chi connectivity index (χ0n) is 26.2. The molecule has 3 aliphatic heterocycles. The van der Waals surface area contributed by atoms with Gasteiger partial charge in [-0.05, 0) is 36.1 Å². The van der Waals surface area contributed by atoms with Gasteiger partial charge in [-0.15, -0.1) is 0 Å². The number of hydrogen-bond acceptors (Lipinski definition) is 9. The minimum Gasteiger partial charge on any atom is -0.497 e. The molecule has 0 radical (unpaired) electrons. The van der Waals surface area contributed by atoms with E-state index in [2.05, 4.69) is 5.32 Å². The van der Waals surface area contributed by atoms with E-state index in [1.807, 2.05) is 30.3 Å². The van der Waals surface area contributed by atoms with E-state index in [9.17, 15) is 15.0 Å². The summed E-state index contributed by atoms with van der Waals surface area (Å²) in [5.74, 6) is -1.54. The predicted octanol–water partition coefficient (Wildman–Crippen LogP) is 3.40. The molecule has 3 aromatic rings. The van der Waals surface area contributed by atoms with E-state index in [4.69, 9.17) is 23.7 Å². The Morgan fingerprint density at radius 3 is 2.43 bits per heavy atom. The lowest BCUT2D eigenvalue weighted by atomic mass is 9.75. The Labute approximate surface area is 267 Å². The van der Waals surface area contributed by atoms with Gasteiger partial charge in [-0.3, -0.25) is 9.59 Å². The molecule has 11 nitrogen and oxygen atoms in total. The number of ether oxygens (including phenoxy) is 5. The van der Waals surface area contributed by atoms with Crippen LogP contribution in [0.4, 0.5) is 0 Å². The van der Waals surface area contributed by atoms with Crippen LogP contribution in [0.1, 0.15) is 49.3 Å². The van der Waals surface area contributed by atoms with Gasteiger partial charge in [-0.2, -0.15) is 0 Å². The van der Waals surface area contributed by atoms with Gasteiger partial charge in [-0.25, -0.2) is 0 Å². The molecule has 0 spiro atoms. The molecule has 2 amide bonds. The van der Waals surface area contributed by atoms with Crippen molar-refractivity contribution in [2.24, 2.45) is 11.8 Å². The average Bonchev–Trinajstić information content (AvgIpc) is 3.76. The standard InChI is InChI=1S/C35H38N2O9/c1-19(2)31(38)36-25-11-8-16-37(25)32(39)28-26(20-9-6-5-7-10-20)35(21-12-14-22(42-3)15-13-21)33(40)34(28,41)27-23(46-35)17-24-29(30(27)43-4)45-18-44-24/h5-7,9-10,12-15,17,19,25-26,28,33,40-41H,8,11,16,18H2,1-4H3,(H,36,38)/t25-,26+,28-,33-,34-,35-/m0/s1. The third-order valence-corrected chi connectivity index (χ3v) is 9.89. The Hall–Kier alpha value is -4.48. The highest BCUT2D eigenvalue weighted by atomic mass is 16.7. The molecule has 46 heavy (non-hydrogen) atoms. The first-order valence-electron chi connectivity index (χ1n) is 15.6. The average molecular weight is 631 g/mol. The molecule has 2 fully saturated rings. The molecule has 4 aliphatic rings. The topological polar surface area (TPSA) is 136 Å². The Morgan fingerprint density at radius 1 is 1.02 bits per heavy atom. The van der Waals surface area contributed by atoms with E-state index < -0.39 is 41.2 Å². The number of amides is 2. The molecular formula is C35H38N2O9. The number of aliphatic hydroxyl groups is 2. The molecule has 6 atom stereocenters. The quantitative estimate of drug-likeness (QED) is 0.359. The number of carbonyl (C=O) groups excluding carboxylic acids is 2.